The van der Waals surface area contributed by atoms with Crippen molar-refractivity contribution >= 4 is 21.9 Å². The maximum Gasteiger partial charge on any atom is 0.421 e. The minimum atomic E-state index is -4.26. The molecule has 0 aromatic heterocycles. The van der Waals surface area contributed by atoms with Crippen molar-refractivity contribution in [2.45, 2.75) is 26.4 Å². The van der Waals surface area contributed by atoms with Crippen LogP contribution in [0.1, 0.15) is 31.1 Å². The van der Waals surface area contributed by atoms with Crippen molar-refractivity contribution in [3.8, 4) is 0 Å². The van der Waals surface area contributed by atoms with E-state index in [1.54, 1.807) is 25.5 Å². The summed E-state index contributed by atoms with van der Waals surface area (Å²) in [5.74, 6) is -2.83. The average Bonchev–Trinajstić information content (AvgIpc) is 2.24. The van der Waals surface area contributed by atoms with Crippen LogP contribution in [0.25, 0.3) is 0 Å². The number of benzene rings is 1. The van der Waals surface area contributed by atoms with Crippen LogP contribution < -0.4 is 4.72 Å². The topological polar surface area (TPSA) is 89.5 Å². The Hall–Kier alpha value is -1.96. The molecular formula is C13H16FNO5S. The quantitative estimate of drug-likeness (QED) is 0.856. The molecule has 1 aromatic rings. The summed E-state index contributed by atoms with van der Waals surface area (Å²) in [4.78, 5) is 23.1. The highest BCUT2D eigenvalue weighted by molar-refractivity contribution is 7.90. The van der Waals surface area contributed by atoms with Crippen LogP contribution in [0.3, 0.4) is 0 Å². The van der Waals surface area contributed by atoms with E-state index in [1.807, 2.05) is 0 Å². The van der Waals surface area contributed by atoms with E-state index in [4.69, 9.17) is 4.74 Å². The molecule has 0 aliphatic heterocycles. The first-order valence-corrected chi connectivity index (χ1v) is 7.66. The number of hydrogen-bond donors (Lipinski definition) is 1. The molecule has 0 aliphatic rings. The van der Waals surface area contributed by atoms with Gasteiger partial charge < -0.3 is 4.74 Å². The Morgan fingerprint density at radius 2 is 1.81 bits per heavy atom. The third kappa shape index (κ3) is 5.90. The van der Waals surface area contributed by atoms with Crippen LogP contribution in [0.2, 0.25) is 0 Å². The van der Waals surface area contributed by atoms with Gasteiger partial charge in [0.25, 0.3) is 0 Å². The molecular weight excluding hydrogens is 301 g/mol. The lowest BCUT2D eigenvalue weighted by atomic mass is 10.1. The zero-order valence-corrected chi connectivity index (χ0v) is 12.7. The van der Waals surface area contributed by atoms with Crippen LogP contribution in [0.15, 0.2) is 24.3 Å². The molecule has 1 N–H and O–H groups in total. The van der Waals surface area contributed by atoms with Crippen molar-refractivity contribution in [3.63, 3.8) is 0 Å². The van der Waals surface area contributed by atoms with Gasteiger partial charge in [0, 0.05) is 0 Å². The maximum absolute atomic E-state index is 13.4. The molecule has 0 bridgehead atoms. The lowest BCUT2D eigenvalue weighted by molar-refractivity contribution is 0.0570. The summed E-state index contributed by atoms with van der Waals surface area (Å²) in [6, 6.07) is 4.99. The highest BCUT2D eigenvalue weighted by Gasteiger charge is 2.25. The van der Waals surface area contributed by atoms with Gasteiger partial charge in [0.05, 0.1) is 5.56 Å². The van der Waals surface area contributed by atoms with Gasteiger partial charge in [-0.25, -0.2) is 22.3 Å². The number of ether oxygens (including phenoxy) is 1. The SMILES string of the molecule is CC(C)(C)OC(=O)NS(=O)(=O)CC(=O)c1ccccc1F. The summed E-state index contributed by atoms with van der Waals surface area (Å²) >= 11 is 0. The van der Waals surface area contributed by atoms with Gasteiger partial charge >= 0.3 is 6.09 Å². The van der Waals surface area contributed by atoms with Gasteiger partial charge in [-0.3, -0.25) is 4.79 Å². The minimum absolute atomic E-state index is 0.355. The molecule has 6 nitrogen and oxygen atoms in total. The standard InChI is InChI=1S/C13H16FNO5S/c1-13(2,3)20-12(17)15-21(18,19)8-11(16)9-6-4-5-7-10(9)14/h4-7H,8H2,1-3H3,(H,15,17). The van der Waals surface area contributed by atoms with Gasteiger partial charge in [0.1, 0.15) is 17.2 Å². The Morgan fingerprint density at radius 1 is 1.24 bits per heavy atom. The van der Waals surface area contributed by atoms with Gasteiger partial charge in [-0.1, -0.05) is 12.1 Å². The molecule has 116 valence electrons. The molecule has 0 fully saturated rings. The number of carbonyl (C=O) groups is 2. The number of nitrogens with one attached hydrogen (secondary N) is 1. The molecule has 8 heteroatoms. The molecule has 1 rings (SSSR count). The van der Waals surface area contributed by atoms with E-state index in [-0.39, 0.29) is 5.56 Å². The number of ketones is 1. The maximum atomic E-state index is 13.4. The molecule has 1 amide bonds. The second-order valence-corrected chi connectivity index (χ2v) is 6.99. The number of Topliss-reactive ketones (excluding diaryl/α,β-unsaturated/α-hetero) is 1. The summed E-state index contributed by atoms with van der Waals surface area (Å²) < 4.78 is 43.1. The third-order valence-electron chi connectivity index (χ3n) is 2.13. The second kappa shape index (κ2) is 6.21. The molecule has 0 saturated carbocycles. The first kappa shape index (κ1) is 17.1. The Labute approximate surface area is 122 Å². The summed E-state index contributed by atoms with van der Waals surface area (Å²) in [7, 11) is -4.26. The summed E-state index contributed by atoms with van der Waals surface area (Å²) in [5, 5.41) is 0. The Bertz CT molecular complexity index is 649. The van der Waals surface area contributed by atoms with Crippen molar-refractivity contribution in [2.75, 3.05) is 5.75 Å². The van der Waals surface area contributed by atoms with E-state index in [1.165, 1.54) is 18.2 Å². The van der Waals surface area contributed by atoms with Crippen LogP contribution in [0.4, 0.5) is 9.18 Å². The van der Waals surface area contributed by atoms with Crippen LogP contribution in [-0.2, 0) is 14.8 Å². The Balaban J connectivity index is 2.75. The summed E-state index contributed by atoms with van der Waals surface area (Å²) in [6.07, 6.45) is -1.19. The highest BCUT2D eigenvalue weighted by Crippen LogP contribution is 2.09. The molecule has 0 atom stereocenters. The van der Waals surface area contributed by atoms with Crippen LogP contribution in [0, 0.1) is 5.82 Å². The van der Waals surface area contributed by atoms with Crippen molar-refractivity contribution in [3.05, 3.63) is 35.6 Å². The fourth-order valence-electron chi connectivity index (χ4n) is 1.40. The molecule has 21 heavy (non-hydrogen) atoms. The van der Waals surface area contributed by atoms with E-state index >= 15 is 0 Å². The molecule has 0 spiro atoms. The second-order valence-electron chi connectivity index (χ2n) is 5.27. The zero-order valence-electron chi connectivity index (χ0n) is 11.8. The zero-order chi connectivity index (χ0) is 16.3. The van der Waals surface area contributed by atoms with Gasteiger partial charge in [-0.15, -0.1) is 0 Å². The number of halogens is 1. The van der Waals surface area contributed by atoms with E-state index in [0.29, 0.717) is 0 Å². The minimum Gasteiger partial charge on any atom is -0.443 e. The van der Waals surface area contributed by atoms with Crippen LogP contribution in [0.5, 0.6) is 0 Å². The lowest BCUT2D eigenvalue weighted by Gasteiger charge is -2.19. The number of carbonyl (C=O) groups excluding carboxylic acids is 2. The summed E-state index contributed by atoms with van der Waals surface area (Å²) in [6.45, 7) is 4.68. The van der Waals surface area contributed by atoms with Gasteiger partial charge in [0.15, 0.2) is 5.78 Å². The van der Waals surface area contributed by atoms with Crippen molar-refractivity contribution < 1.29 is 27.1 Å². The smallest absolute Gasteiger partial charge is 0.421 e. The Kier molecular flexibility index (Phi) is 5.06. The predicted molar refractivity (Wildman–Crippen MR) is 73.9 cm³/mol. The molecule has 0 unspecified atom stereocenters. The van der Waals surface area contributed by atoms with Crippen LogP contribution in [-0.4, -0.2) is 31.6 Å². The highest BCUT2D eigenvalue weighted by atomic mass is 32.2. The lowest BCUT2D eigenvalue weighted by Crippen LogP contribution is -2.39. The number of rotatable bonds is 4. The normalized spacial score (nSPS) is 11.8. The third-order valence-corrected chi connectivity index (χ3v) is 3.25. The van der Waals surface area contributed by atoms with Crippen molar-refractivity contribution in [1.82, 2.24) is 4.72 Å². The van der Waals surface area contributed by atoms with Gasteiger partial charge in [-0.05, 0) is 32.9 Å². The van der Waals surface area contributed by atoms with Crippen molar-refractivity contribution in [2.24, 2.45) is 0 Å². The van der Waals surface area contributed by atoms with E-state index in [0.717, 1.165) is 6.07 Å². The first-order chi connectivity index (χ1) is 9.50. The number of hydrogen-bond acceptors (Lipinski definition) is 5. The molecule has 0 saturated heterocycles. The average molecular weight is 317 g/mol. The van der Waals surface area contributed by atoms with Crippen LogP contribution >= 0.6 is 0 Å². The van der Waals surface area contributed by atoms with Gasteiger partial charge in [0.2, 0.25) is 10.0 Å². The molecule has 1 aromatic carbocycles. The molecule has 0 radical (unpaired) electrons. The first-order valence-electron chi connectivity index (χ1n) is 6.01. The molecule has 0 heterocycles. The monoisotopic (exact) mass is 317 g/mol. The van der Waals surface area contributed by atoms with E-state index < -0.39 is 39.1 Å². The number of amides is 1. The largest absolute Gasteiger partial charge is 0.443 e. The Morgan fingerprint density at radius 3 is 2.33 bits per heavy atom. The fraction of sp³-hybridized carbons (Fsp3) is 0.385. The van der Waals surface area contributed by atoms with Gasteiger partial charge in [-0.2, -0.15) is 0 Å². The fourth-order valence-corrected chi connectivity index (χ4v) is 2.27. The number of sulfonamides is 1. The summed E-state index contributed by atoms with van der Waals surface area (Å²) in [5.41, 5.74) is -1.23. The van der Waals surface area contributed by atoms with Crippen molar-refractivity contribution in [1.29, 1.82) is 0 Å². The van der Waals surface area contributed by atoms with E-state index in [2.05, 4.69) is 0 Å². The van der Waals surface area contributed by atoms with E-state index in [9.17, 15) is 22.4 Å². The molecule has 0 aliphatic carbocycles. The predicted octanol–water partition coefficient (Wildman–Crippen LogP) is 1.86.